The van der Waals surface area contributed by atoms with Crippen LogP contribution < -0.4 is 5.32 Å². The van der Waals surface area contributed by atoms with Crippen molar-refractivity contribution in [3.63, 3.8) is 0 Å². The number of hydrogen-bond acceptors (Lipinski definition) is 3. The van der Waals surface area contributed by atoms with E-state index in [1.54, 1.807) is 24.3 Å². The number of hydrogen-bond donors (Lipinski definition) is 1. The number of fused-ring (bicyclic) bond motifs is 2. The molecule has 5 rings (SSSR count). The molecule has 1 saturated heterocycles. The maximum absolute atomic E-state index is 12.9. The Morgan fingerprint density at radius 1 is 1.08 bits per heavy atom. The van der Waals surface area contributed by atoms with Crippen molar-refractivity contribution >= 4 is 20.7 Å². The zero-order valence-corrected chi connectivity index (χ0v) is 15.4. The molecular formula is C21H22N2O2S. The number of nitrogens with one attached hydrogen (secondary N) is 1. The van der Waals surface area contributed by atoms with Gasteiger partial charge in [0.15, 0.2) is 9.84 Å². The van der Waals surface area contributed by atoms with Crippen molar-refractivity contribution in [1.82, 2.24) is 9.88 Å². The van der Waals surface area contributed by atoms with E-state index in [1.807, 2.05) is 10.6 Å². The first kappa shape index (κ1) is 16.1. The minimum atomic E-state index is -3.37. The third-order valence-electron chi connectivity index (χ3n) is 5.85. The number of nitrogens with zero attached hydrogens (tertiary/aromatic N) is 1. The highest BCUT2D eigenvalue weighted by Crippen LogP contribution is 2.41. The second kappa shape index (κ2) is 5.96. The highest BCUT2D eigenvalue weighted by Gasteiger charge is 2.33. The molecule has 0 unspecified atom stereocenters. The van der Waals surface area contributed by atoms with Gasteiger partial charge in [0, 0.05) is 29.1 Å². The topological polar surface area (TPSA) is 51.1 Å². The number of rotatable bonds is 3. The van der Waals surface area contributed by atoms with Crippen LogP contribution in [-0.4, -0.2) is 25.6 Å². The van der Waals surface area contributed by atoms with Crippen LogP contribution in [0.5, 0.6) is 0 Å². The van der Waals surface area contributed by atoms with Crippen LogP contribution in [0.15, 0.2) is 59.6 Å². The van der Waals surface area contributed by atoms with E-state index in [2.05, 4.69) is 29.7 Å². The van der Waals surface area contributed by atoms with E-state index < -0.39 is 9.84 Å². The van der Waals surface area contributed by atoms with Gasteiger partial charge in [-0.05, 0) is 55.1 Å². The van der Waals surface area contributed by atoms with Gasteiger partial charge in [-0.3, -0.25) is 0 Å². The molecule has 1 aliphatic carbocycles. The van der Waals surface area contributed by atoms with E-state index in [-0.39, 0.29) is 5.88 Å². The lowest BCUT2D eigenvalue weighted by Gasteiger charge is -2.36. The molecule has 5 heteroatoms. The van der Waals surface area contributed by atoms with Crippen molar-refractivity contribution in [2.75, 3.05) is 6.54 Å². The summed E-state index contributed by atoms with van der Waals surface area (Å²) in [4.78, 5) is 0.379. The Morgan fingerprint density at radius 2 is 1.92 bits per heavy atom. The molecule has 1 aromatic heterocycles. The molecule has 2 atom stereocenters. The summed E-state index contributed by atoms with van der Waals surface area (Å²) in [7, 11) is -3.37. The highest BCUT2D eigenvalue weighted by molar-refractivity contribution is 7.90. The number of aromatic nitrogens is 1. The third-order valence-corrected chi connectivity index (χ3v) is 7.46. The van der Waals surface area contributed by atoms with Gasteiger partial charge in [-0.15, -0.1) is 0 Å². The maximum atomic E-state index is 12.9. The molecule has 4 nitrogen and oxygen atoms in total. The summed E-state index contributed by atoms with van der Waals surface area (Å²) < 4.78 is 27.6. The van der Waals surface area contributed by atoms with Crippen molar-refractivity contribution in [2.24, 2.45) is 0 Å². The Labute approximate surface area is 153 Å². The van der Waals surface area contributed by atoms with Crippen LogP contribution in [0.25, 0.3) is 10.9 Å². The first-order valence-corrected chi connectivity index (χ1v) is 10.9. The zero-order valence-electron chi connectivity index (χ0n) is 14.6. The molecule has 0 amide bonds. The lowest BCUT2D eigenvalue weighted by molar-refractivity contribution is 0.345. The van der Waals surface area contributed by atoms with Gasteiger partial charge in [-0.2, -0.15) is 0 Å². The van der Waals surface area contributed by atoms with Gasteiger partial charge in [0.05, 0.1) is 4.90 Å². The average molecular weight is 366 g/mol. The maximum Gasteiger partial charge on any atom is 0.196 e. The molecule has 0 saturated carbocycles. The van der Waals surface area contributed by atoms with Crippen LogP contribution in [0.2, 0.25) is 0 Å². The predicted molar refractivity (Wildman–Crippen MR) is 103 cm³/mol. The molecule has 1 fully saturated rings. The lowest BCUT2D eigenvalue weighted by atomic mass is 9.76. The fourth-order valence-electron chi connectivity index (χ4n) is 4.70. The summed E-state index contributed by atoms with van der Waals surface area (Å²) >= 11 is 0. The first-order valence-electron chi connectivity index (χ1n) is 9.25. The molecule has 0 radical (unpaired) electrons. The number of piperidine rings is 1. The largest absolute Gasteiger partial charge is 0.332 e. The number of sulfone groups is 1. The monoisotopic (exact) mass is 366 g/mol. The van der Waals surface area contributed by atoms with Crippen LogP contribution >= 0.6 is 0 Å². The van der Waals surface area contributed by atoms with Gasteiger partial charge in [-0.25, -0.2) is 8.42 Å². The molecular weight excluding hydrogens is 344 g/mol. The molecule has 2 aromatic carbocycles. The molecule has 26 heavy (non-hydrogen) atoms. The SMILES string of the molecule is O=S(=O)(Cn1cc2c3c(cccc31)[C@H]1CCCN[C@@H]1C2)c1ccccc1. The second-order valence-corrected chi connectivity index (χ2v) is 9.39. The van der Waals surface area contributed by atoms with E-state index in [1.165, 1.54) is 29.4 Å². The Kier molecular flexibility index (Phi) is 3.69. The van der Waals surface area contributed by atoms with Crippen LogP contribution in [-0.2, 0) is 22.1 Å². The Balaban J connectivity index is 1.60. The fraction of sp³-hybridized carbons (Fsp3) is 0.333. The van der Waals surface area contributed by atoms with E-state index in [0.29, 0.717) is 16.9 Å². The van der Waals surface area contributed by atoms with Crippen molar-refractivity contribution in [2.45, 2.75) is 42.0 Å². The minimum Gasteiger partial charge on any atom is -0.332 e. The van der Waals surface area contributed by atoms with Gasteiger partial charge in [0.25, 0.3) is 0 Å². The smallest absolute Gasteiger partial charge is 0.196 e. The van der Waals surface area contributed by atoms with Gasteiger partial charge in [0.2, 0.25) is 0 Å². The van der Waals surface area contributed by atoms with Crippen molar-refractivity contribution in [1.29, 1.82) is 0 Å². The first-order chi connectivity index (χ1) is 12.6. The van der Waals surface area contributed by atoms with Crippen molar-refractivity contribution < 1.29 is 8.42 Å². The lowest BCUT2D eigenvalue weighted by Crippen LogP contribution is -2.43. The molecule has 0 spiro atoms. The fourth-order valence-corrected chi connectivity index (χ4v) is 6.00. The van der Waals surface area contributed by atoms with Crippen LogP contribution in [0, 0.1) is 0 Å². The average Bonchev–Trinajstić information content (AvgIpc) is 3.01. The Morgan fingerprint density at radius 3 is 2.77 bits per heavy atom. The molecule has 1 N–H and O–H groups in total. The van der Waals surface area contributed by atoms with Gasteiger partial charge in [0.1, 0.15) is 5.88 Å². The summed E-state index contributed by atoms with van der Waals surface area (Å²) in [6, 6.07) is 15.6. The summed E-state index contributed by atoms with van der Waals surface area (Å²) in [5, 5.41) is 4.94. The summed E-state index contributed by atoms with van der Waals surface area (Å²) in [6.07, 6.45) is 5.46. The van der Waals surface area contributed by atoms with E-state index >= 15 is 0 Å². The second-order valence-electron chi connectivity index (χ2n) is 7.44. The Bertz CT molecular complexity index is 1070. The molecule has 3 aromatic rings. The van der Waals surface area contributed by atoms with Crippen molar-refractivity contribution in [3.8, 4) is 0 Å². The molecule has 0 bridgehead atoms. The van der Waals surface area contributed by atoms with E-state index in [9.17, 15) is 8.42 Å². The van der Waals surface area contributed by atoms with Gasteiger partial charge < -0.3 is 9.88 Å². The molecule has 2 heterocycles. The molecule has 134 valence electrons. The third kappa shape index (κ3) is 2.49. The minimum absolute atomic E-state index is 0.0142. The Hall–Kier alpha value is -2.11. The normalized spacial score (nSPS) is 22.3. The summed E-state index contributed by atoms with van der Waals surface area (Å²) in [5.74, 6) is 0.529. The van der Waals surface area contributed by atoms with Crippen LogP contribution in [0.4, 0.5) is 0 Å². The highest BCUT2D eigenvalue weighted by atomic mass is 32.2. The number of benzene rings is 2. The molecule has 2 aliphatic rings. The zero-order chi connectivity index (χ0) is 17.7. The predicted octanol–water partition coefficient (Wildman–Crippen LogP) is 3.46. The standard InChI is InChI=1S/C21H22N2O2S/c24-26(25,16-6-2-1-3-7-16)14-23-13-15-12-19-17(9-5-11-22-19)18-8-4-10-20(23)21(15)18/h1-4,6-8,10,13,17,19,22H,5,9,11-12,14H2/t17-,19-/m1/s1. The van der Waals surface area contributed by atoms with Gasteiger partial charge >= 0.3 is 0 Å². The van der Waals surface area contributed by atoms with Crippen molar-refractivity contribution in [3.05, 3.63) is 65.9 Å². The van der Waals surface area contributed by atoms with Crippen LogP contribution in [0.1, 0.15) is 29.9 Å². The van der Waals surface area contributed by atoms with Crippen LogP contribution in [0.3, 0.4) is 0 Å². The molecule has 1 aliphatic heterocycles. The quantitative estimate of drug-likeness (QED) is 0.772. The summed E-state index contributed by atoms with van der Waals surface area (Å²) in [5.41, 5.74) is 3.70. The van der Waals surface area contributed by atoms with E-state index in [0.717, 1.165) is 18.5 Å². The van der Waals surface area contributed by atoms with E-state index in [4.69, 9.17) is 0 Å². The van der Waals surface area contributed by atoms with Gasteiger partial charge in [-0.1, -0.05) is 30.3 Å². The summed E-state index contributed by atoms with van der Waals surface area (Å²) in [6.45, 7) is 1.08.